The first-order valence-electron chi connectivity index (χ1n) is 11.4. The van der Waals surface area contributed by atoms with E-state index < -0.39 is 0 Å². The molecule has 0 aliphatic rings. The lowest BCUT2D eigenvalue weighted by molar-refractivity contribution is 0.0789. The molecule has 0 spiro atoms. The fourth-order valence-corrected chi connectivity index (χ4v) is 4.13. The van der Waals surface area contributed by atoms with Crippen molar-refractivity contribution in [2.24, 2.45) is 0 Å². The molecular formula is C26H32N6O. The number of aromatic nitrogens is 4. The van der Waals surface area contributed by atoms with Crippen molar-refractivity contribution in [1.29, 1.82) is 0 Å². The highest BCUT2D eigenvalue weighted by atomic mass is 16.2. The second-order valence-electron chi connectivity index (χ2n) is 8.56. The number of carbonyl (C=O) groups is 1. The number of fused-ring (bicyclic) bond motifs is 1. The van der Waals surface area contributed by atoms with Gasteiger partial charge in [-0.3, -0.25) is 9.69 Å². The van der Waals surface area contributed by atoms with Gasteiger partial charge in [0, 0.05) is 45.3 Å². The Kier molecular flexibility index (Phi) is 6.89. The zero-order chi connectivity index (χ0) is 23.4. The van der Waals surface area contributed by atoms with Gasteiger partial charge in [-0.1, -0.05) is 36.4 Å². The van der Waals surface area contributed by atoms with Gasteiger partial charge >= 0.3 is 0 Å². The molecule has 4 rings (SSSR count). The van der Waals surface area contributed by atoms with Crippen molar-refractivity contribution in [2.75, 3.05) is 20.6 Å². The second-order valence-corrected chi connectivity index (χ2v) is 8.56. The van der Waals surface area contributed by atoms with Crippen LogP contribution in [-0.2, 0) is 26.1 Å². The lowest BCUT2D eigenvalue weighted by atomic mass is 10.1. The molecule has 4 aromatic rings. The Labute approximate surface area is 195 Å². The molecule has 0 unspecified atom stereocenters. The number of benzene rings is 1. The molecule has 1 amide bonds. The van der Waals surface area contributed by atoms with Crippen LogP contribution >= 0.6 is 0 Å². The summed E-state index contributed by atoms with van der Waals surface area (Å²) in [5, 5.41) is 0. The van der Waals surface area contributed by atoms with Crippen molar-refractivity contribution in [3.63, 3.8) is 0 Å². The number of rotatable bonds is 9. The highest BCUT2D eigenvalue weighted by Gasteiger charge is 2.23. The minimum atomic E-state index is -0.0486. The molecule has 3 heterocycles. The van der Waals surface area contributed by atoms with E-state index in [4.69, 9.17) is 4.98 Å². The van der Waals surface area contributed by atoms with E-state index in [-0.39, 0.29) is 5.91 Å². The Bertz CT molecular complexity index is 1230. The van der Waals surface area contributed by atoms with Crippen molar-refractivity contribution in [1.82, 2.24) is 28.7 Å². The number of imidazole rings is 2. The maximum absolute atomic E-state index is 13.5. The van der Waals surface area contributed by atoms with Crippen LogP contribution in [0, 0.1) is 6.92 Å². The summed E-state index contributed by atoms with van der Waals surface area (Å²) in [4.78, 5) is 26.7. The van der Waals surface area contributed by atoms with Gasteiger partial charge in [0.15, 0.2) is 5.69 Å². The van der Waals surface area contributed by atoms with Crippen molar-refractivity contribution in [2.45, 2.75) is 39.9 Å². The normalized spacial score (nSPS) is 11.4. The molecule has 7 nitrogen and oxygen atoms in total. The number of carbonyl (C=O) groups excluding carboxylic acids is 1. The first-order valence-corrected chi connectivity index (χ1v) is 11.4. The third-order valence-electron chi connectivity index (χ3n) is 6.05. The molecule has 33 heavy (non-hydrogen) atoms. The van der Waals surface area contributed by atoms with Gasteiger partial charge in [0.25, 0.3) is 5.91 Å². The average molecular weight is 445 g/mol. The Morgan fingerprint density at radius 1 is 1.03 bits per heavy atom. The van der Waals surface area contributed by atoms with E-state index in [0.717, 1.165) is 35.7 Å². The van der Waals surface area contributed by atoms with Crippen molar-refractivity contribution in [3.8, 4) is 0 Å². The highest BCUT2D eigenvalue weighted by Crippen LogP contribution is 2.20. The summed E-state index contributed by atoms with van der Waals surface area (Å²) in [5.41, 5.74) is 4.52. The van der Waals surface area contributed by atoms with Crippen molar-refractivity contribution >= 4 is 11.6 Å². The highest BCUT2D eigenvalue weighted by molar-refractivity contribution is 5.94. The number of aryl methyl sites for hydroxylation is 2. The minimum absolute atomic E-state index is 0.0486. The smallest absolute Gasteiger partial charge is 0.274 e. The third kappa shape index (κ3) is 4.98. The van der Waals surface area contributed by atoms with Crippen LogP contribution in [0.3, 0.4) is 0 Å². The predicted octanol–water partition coefficient (Wildman–Crippen LogP) is 3.81. The molecule has 0 bridgehead atoms. The largest absolute Gasteiger partial charge is 0.340 e. The molecule has 172 valence electrons. The Hall–Kier alpha value is -3.45. The van der Waals surface area contributed by atoms with E-state index in [2.05, 4.69) is 45.0 Å². The third-order valence-corrected chi connectivity index (χ3v) is 6.05. The molecule has 0 fully saturated rings. The number of hydrogen-bond acceptors (Lipinski definition) is 4. The lowest BCUT2D eigenvalue weighted by Crippen LogP contribution is -2.31. The molecule has 0 saturated carbocycles. The van der Waals surface area contributed by atoms with Crippen LogP contribution in [0.1, 0.15) is 40.1 Å². The van der Waals surface area contributed by atoms with Crippen molar-refractivity contribution < 1.29 is 4.79 Å². The summed E-state index contributed by atoms with van der Waals surface area (Å²) in [7, 11) is 3.91. The van der Waals surface area contributed by atoms with E-state index in [1.165, 1.54) is 5.56 Å². The van der Waals surface area contributed by atoms with Gasteiger partial charge < -0.3 is 13.9 Å². The minimum Gasteiger partial charge on any atom is -0.340 e. The summed E-state index contributed by atoms with van der Waals surface area (Å²) < 4.78 is 4.19. The van der Waals surface area contributed by atoms with Crippen LogP contribution in [0.2, 0.25) is 0 Å². The van der Waals surface area contributed by atoms with Crippen LogP contribution in [0.15, 0.2) is 61.1 Å². The zero-order valence-electron chi connectivity index (χ0n) is 19.9. The maximum atomic E-state index is 13.5. The van der Waals surface area contributed by atoms with Gasteiger partial charge in [-0.25, -0.2) is 9.97 Å². The molecule has 0 aliphatic carbocycles. The summed E-state index contributed by atoms with van der Waals surface area (Å²) in [5.74, 6) is 0.963. The molecule has 0 radical (unpaired) electrons. The van der Waals surface area contributed by atoms with E-state index in [0.29, 0.717) is 25.3 Å². The SMILES string of the molecule is CCn1ccnc1CN(C)Cc1c(C(=O)N(C)CCc2ccccc2)nc2c(C)cccn12. The van der Waals surface area contributed by atoms with Crippen LogP contribution in [0.5, 0.6) is 0 Å². The topological polar surface area (TPSA) is 58.7 Å². The Morgan fingerprint density at radius 3 is 2.58 bits per heavy atom. The lowest BCUT2D eigenvalue weighted by Gasteiger charge is -2.20. The standard InChI is InChI=1S/C26H32N6O/c1-5-31-17-14-27-23(31)19-29(3)18-22-24(28-25-20(2)10-9-15-32(22)25)26(33)30(4)16-13-21-11-7-6-8-12-21/h6-12,14-15,17H,5,13,16,18-19H2,1-4H3. The second kappa shape index (κ2) is 10.0. The molecule has 0 saturated heterocycles. The molecular weight excluding hydrogens is 412 g/mol. The van der Waals surface area contributed by atoms with Gasteiger partial charge in [0.1, 0.15) is 11.5 Å². The molecule has 0 N–H and O–H groups in total. The Morgan fingerprint density at radius 2 is 1.82 bits per heavy atom. The summed E-state index contributed by atoms with van der Waals surface area (Å²) in [6.45, 7) is 6.95. The molecule has 0 aliphatic heterocycles. The van der Waals surface area contributed by atoms with Gasteiger partial charge in [-0.2, -0.15) is 0 Å². The fourth-order valence-electron chi connectivity index (χ4n) is 4.13. The van der Waals surface area contributed by atoms with Crippen LogP contribution < -0.4 is 0 Å². The molecule has 1 aromatic carbocycles. The molecule has 0 atom stereocenters. The van der Waals surface area contributed by atoms with Gasteiger partial charge in [0.2, 0.25) is 0 Å². The molecule has 7 heteroatoms. The predicted molar refractivity (Wildman–Crippen MR) is 130 cm³/mol. The number of nitrogens with zero attached hydrogens (tertiary/aromatic N) is 6. The van der Waals surface area contributed by atoms with E-state index >= 15 is 0 Å². The number of amides is 1. The van der Waals surface area contributed by atoms with Crippen molar-refractivity contribution in [3.05, 3.63) is 89.4 Å². The number of hydrogen-bond donors (Lipinski definition) is 0. The van der Waals surface area contributed by atoms with E-state index in [1.807, 2.05) is 62.9 Å². The van der Waals surface area contributed by atoms with Crippen LogP contribution in [-0.4, -0.2) is 55.3 Å². The van der Waals surface area contributed by atoms with Gasteiger partial charge in [-0.15, -0.1) is 0 Å². The van der Waals surface area contributed by atoms with Gasteiger partial charge in [0.05, 0.1) is 12.2 Å². The first kappa shape index (κ1) is 22.7. The zero-order valence-corrected chi connectivity index (χ0v) is 19.9. The summed E-state index contributed by atoms with van der Waals surface area (Å²) in [6.07, 6.45) is 6.63. The van der Waals surface area contributed by atoms with E-state index in [1.54, 1.807) is 4.90 Å². The fraction of sp³-hybridized carbons (Fsp3) is 0.346. The monoisotopic (exact) mass is 444 g/mol. The number of pyridine rings is 1. The summed E-state index contributed by atoms with van der Waals surface area (Å²) >= 11 is 0. The Balaban J connectivity index is 1.58. The quantitative estimate of drug-likeness (QED) is 0.394. The molecule has 3 aromatic heterocycles. The van der Waals surface area contributed by atoms with Crippen LogP contribution in [0.4, 0.5) is 0 Å². The average Bonchev–Trinajstić information content (AvgIpc) is 3.42. The number of likely N-dealkylation sites (N-methyl/N-ethyl adjacent to an activating group) is 1. The maximum Gasteiger partial charge on any atom is 0.274 e. The van der Waals surface area contributed by atoms with E-state index in [9.17, 15) is 4.79 Å². The van der Waals surface area contributed by atoms with Gasteiger partial charge in [-0.05, 0) is 44.5 Å². The first-order chi connectivity index (χ1) is 16.0. The van der Waals surface area contributed by atoms with Crippen LogP contribution in [0.25, 0.3) is 5.65 Å². The summed E-state index contributed by atoms with van der Waals surface area (Å²) in [6, 6.07) is 14.3.